The van der Waals surface area contributed by atoms with Gasteiger partial charge in [-0.2, -0.15) is 0 Å². The van der Waals surface area contributed by atoms with Gasteiger partial charge in [0.25, 0.3) is 0 Å². The second-order valence-electron chi connectivity index (χ2n) is 2.01. The third-order valence-electron chi connectivity index (χ3n) is 0.992. The largest absolute Gasteiger partial charge is 0.480 e. The summed E-state index contributed by atoms with van der Waals surface area (Å²) in [6.07, 6.45) is -0.404. The van der Waals surface area contributed by atoms with Crippen molar-refractivity contribution >= 4 is 22.8 Å². The molecule has 0 spiro atoms. The first-order chi connectivity index (χ1) is 4.95. The fourth-order valence-corrected chi connectivity index (χ4v) is 1.06. The van der Waals surface area contributed by atoms with E-state index >= 15 is 0 Å². The number of hydrogen-bond acceptors (Lipinski definition) is 3. The second-order valence-corrected chi connectivity index (χ2v) is 3.13. The molecule has 0 aromatic carbocycles. The Balaban J connectivity index is 4.23. The third kappa shape index (κ3) is 3.84. The molecule has 0 bridgehead atoms. The summed E-state index contributed by atoms with van der Waals surface area (Å²) in [7, 11) is 0. The Labute approximate surface area is 65.7 Å². The summed E-state index contributed by atoms with van der Waals surface area (Å²) in [6.45, 7) is 1.17. The molecule has 0 saturated heterocycles. The molecule has 2 N–H and O–H groups in total. The second kappa shape index (κ2) is 4.20. The molecule has 6 heteroatoms. The quantitative estimate of drug-likeness (QED) is 0.576. The number of rotatable bonds is 4. The van der Waals surface area contributed by atoms with Crippen molar-refractivity contribution in [2.24, 2.45) is 0 Å². The van der Waals surface area contributed by atoms with Gasteiger partial charge in [-0.15, -0.1) is 0 Å². The third-order valence-corrected chi connectivity index (χ3v) is 1.85. The van der Waals surface area contributed by atoms with Crippen LogP contribution in [-0.2, 0) is 20.7 Å². The maximum atomic E-state index is 10.4. The minimum Gasteiger partial charge on any atom is -0.480 e. The molecule has 11 heavy (non-hydrogen) atoms. The Kier molecular flexibility index (Phi) is 3.91. The molecular weight excluding hydrogens is 172 g/mol. The van der Waals surface area contributed by atoms with Crippen LogP contribution in [0.5, 0.6) is 0 Å². The van der Waals surface area contributed by atoms with Crippen molar-refractivity contribution in [1.29, 1.82) is 0 Å². The van der Waals surface area contributed by atoms with Crippen LogP contribution < -0.4 is 0 Å². The van der Waals surface area contributed by atoms with Crippen LogP contribution in [0, 0.1) is 0 Å². The first-order valence-electron chi connectivity index (χ1n) is 2.77. The maximum Gasteiger partial charge on any atom is 0.322 e. The molecule has 0 fully saturated rings. The van der Waals surface area contributed by atoms with Crippen LogP contribution >= 0.6 is 0 Å². The standard InChI is InChI=1S/C5H8O5S/c1-3(6)2-4(5(7)8)11(9)10/h4H,2H2,1H3,(H,7,8)(H,9,10). The molecule has 0 aliphatic rings. The van der Waals surface area contributed by atoms with E-state index in [0.717, 1.165) is 0 Å². The lowest BCUT2D eigenvalue weighted by Crippen LogP contribution is -2.27. The highest BCUT2D eigenvalue weighted by atomic mass is 32.2. The zero-order chi connectivity index (χ0) is 9.02. The Morgan fingerprint density at radius 2 is 2.00 bits per heavy atom. The van der Waals surface area contributed by atoms with Crippen LogP contribution in [0.15, 0.2) is 0 Å². The highest BCUT2D eigenvalue weighted by Crippen LogP contribution is 2.00. The van der Waals surface area contributed by atoms with Gasteiger partial charge in [-0.3, -0.25) is 9.59 Å². The van der Waals surface area contributed by atoms with Crippen molar-refractivity contribution in [2.75, 3.05) is 0 Å². The molecule has 0 aliphatic heterocycles. The molecule has 0 radical (unpaired) electrons. The predicted molar refractivity (Wildman–Crippen MR) is 37.5 cm³/mol. The van der Waals surface area contributed by atoms with Gasteiger partial charge in [-0.05, 0) is 6.92 Å². The molecule has 0 aromatic heterocycles. The zero-order valence-corrected chi connectivity index (χ0v) is 6.63. The van der Waals surface area contributed by atoms with Gasteiger partial charge in [0.2, 0.25) is 0 Å². The molecule has 64 valence electrons. The molecule has 0 rings (SSSR count). The average molecular weight is 180 g/mol. The summed E-state index contributed by atoms with van der Waals surface area (Å²) in [5.41, 5.74) is 0. The summed E-state index contributed by atoms with van der Waals surface area (Å²) in [4.78, 5) is 20.5. The predicted octanol–water partition coefficient (Wildman–Crippen LogP) is -0.360. The van der Waals surface area contributed by atoms with Gasteiger partial charge in [-0.1, -0.05) is 0 Å². The van der Waals surface area contributed by atoms with E-state index in [2.05, 4.69) is 0 Å². The van der Waals surface area contributed by atoms with Crippen molar-refractivity contribution in [1.82, 2.24) is 0 Å². The summed E-state index contributed by atoms with van der Waals surface area (Å²) in [5.74, 6) is -1.85. The van der Waals surface area contributed by atoms with Crippen LogP contribution in [0.1, 0.15) is 13.3 Å². The minimum atomic E-state index is -2.47. The normalized spacial score (nSPS) is 15.5. The highest BCUT2D eigenvalue weighted by Gasteiger charge is 2.24. The number of carbonyl (C=O) groups is 2. The van der Waals surface area contributed by atoms with Crippen molar-refractivity contribution in [3.8, 4) is 0 Å². The van der Waals surface area contributed by atoms with E-state index in [0.29, 0.717) is 0 Å². The van der Waals surface area contributed by atoms with Crippen molar-refractivity contribution in [3.05, 3.63) is 0 Å². The summed E-state index contributed by atoms with van der Waals surface area (Å²) < 4.78 is 18.6. The number of Topliss-reactive ketones (excluding diaryl/α,β-unsaturated/α-hetero) is 1. The number of aliphatic carboxylic acids is 1. The molecule has 2 atom stereocenters. The fraction of sp³-hybridized carbons (Fsp3) is 0.600. The Bertz CT molecular complexity index is 185. The smallest absolute Gasteiger partial charge is 0.322 e. The topological polar surface area (TPSA) is 91.7 Å². The molecule has 5 nitrogen and oxygen atoms in total. The van der Waals surface area contributed by atoms with Crippen LogP contribution in [0.3, 0.4) is 0 Å². The first-order valence-corrected chi connectivity index (χ1v) is 3.94. The minimum absolute atomic E-state index is 0.404. The SMILES string of the molecule is CC(=O)CC(C(=O)O)S(=O)O. The van der Waals surface area contributed by atoms with Gasteiger partial charge < -0.3 is 9.66 Å². The van der Waals surface area contributed by atoms with Gasteiger partial charge >= 0.3 is 5.97 Å². The van der Waals surface area contributed by atoms with Crippen molar-refractivity contribution in [2.45, 2.75) is 18.6 Å². The van der Waals surface area contributed by atoms with Crippen LogP contribution in [0.25, 0.3) is 0 Å². The van der Waals surface area contributed by atoms with Gasteiger partial charge in [0.1, 0.15) is 5.78 Å². The monoisotopic (exact) mass is 180 g/mol. The van der Waals surface area contributed by atoms with Crippen molar-refractivity contribution < 1.29 is 23.5 Å². The van der Waals surface area contributed by atoms with Crippen LogP contribution in [0.2, 0.25) is 0 Å². The number of carboxylic acids is 1. The van der Waals surface area contributed by atoms with Gasteiger partial charge in [0.05, 0.1) is 0 Å². The fourth-order valence-electron chi connectivity index (χ4n) is 0.506. The molecular formula is C5H8O5S. The lowest BCUT2D eigenvalue weighted by molar-refractivity contribution is -0.137. The van der Waals surface area contributed by atoms with Crippen molar-refractivity contribution in [3.63, 3.8) is 0 Å². The first kappa shape index (κ1) is 10.2. The number of carboxylic acid groups (broad SMARTS) is 1. The van der Waals surface area contributed by atoms with E-state index in [9.17, 15) is 13.8 Å². The lowest BCUT2D eigenvalue weighted by Gasteiger charge is -2.03. The van der Waals surface area contributed by atoms with E-state index in [4.69, 9.17) is 9.66 Å². The lowest BCUT2D eigenvalue weighted by atomic mass is 10.2. The van der Waals surface area contributed by atoms with Crippen LogP contribution in [-0.4, -0.2) is 30.9 Å². The zero-order valence-electron chi connectivity index (χ0n) is 5.81. The highest BCUT2D eigenvalue weighted by molar-refractivity contribution is 7.80. The van der Waals surface area contributed by atoms with Crippen LogP contribution in [0.4, 0.5) is 0 Å². The molecule has 0 aromatic rings. The molecule has 0 heterocycles. The Morgan fingerprint density at radius 3 is 2.09 bits per heavy atom. The number of hydrogen-bond donors (Lipinski definition) is 2. The maximum absolute atomic E-state index is 10.4. The number of carbonyl (C=O) groups excluding carboxylic acids is 1. The van der Waals surface area contributed by atoms with E-state index in [-0.39, 0.29) is 0 Å². The van der Waals surface area contributed by atoms with Gasteiger partial charge in [0.15, 0.2) is 16.3 Å². The Morgan fingerprint density at radius 1 is 1.55 bits per heavy atom. The van der Waals surface area contributed by atoms with Gasteiger partial charge in [0, 0.05) is 6.42 Å². The summed E-state index contributed by atoms with van der Waals surface area (Å²) >= 11 is -2.47. The Hall–Kier alpha value is -0.750. The molecule has 0 aliphatic carbocycles. The summed E-state index contributed by atoms with van der Waals surface area (Å²) in [5, 5.41) is 6.79. The van der Waals surface area contributed by atoms with E-state index in [1.807, 2.05) is 0 Å². The summed E-state index contributed by atoms with van der Waals surface area (Å²) in [6, 6.07) is 0. The number of ketones is 1. The molecule has 2 unspecified atom stereocenters. The average Bonchev–Trinajstić information content (AvgIpc) is 1.81. The van der Waals surface area contributed by atoms with E-state index in [1.54, 1.807) is 0 Å². The molecule has 0 amide bonds. The van der Waals surface area contributed by atoms with E-state index < -0.39 is 34.5 Å². The van der Waals surface area contributed by atoms with Gasteiger partial charge in [-0.25, -0.2) is 4.21 Å². The van der Waals surface area contributed by atoms with E-state index in [1.165, 1.54) is 6.92 Å². The molecule has 0 saturated carbocycles.